The Kier molecular flexibility index (Phi) is 3.49. The Balaban J connectivity index is 2.62. The van der Waals surface area contributed by atoms with Crippen molar-refractivity contribution in [3.8, 4) is 0 Å². The van der Waals surface area contributed by atoms with Crippen LogP contribution in [0.1, 0.15) is 26.7 Å². The van der Waals surface area contributed by atoms with E-state index in [0.717, 1.165) is 18.7 Å². The van der Waals surface area contributed by atoms with Gasteiger partial charge >= 0.3 is 0 Å². The fourth-order valence-corrected chi connectivity index (χ4v) is 1.15. The molecule has 0 radical (unpaired) electrons. The van der Waals surface area contributed by atoms with Crippen LogP contribution in [0.15, 0.2) is 12.4 Å². The number of nitrogen functional groups attached to an aromatic ring is 1. The van der Waals surface area contributed by atoms with E-state index in [-0.39, 0.29) is 0 Å². The Bertz CT molecular complexity index is 258. The summed E-state index contributed by atoms with van der Waals surface area (Å²) in [5.41, 5.74) is 5.50. The molecule has 0 bridgehead atoms. The molecular weight excluding hydrogens is 164 g/mol. The van der Waals surface area contributed by atoms with Gasteiger partial charge in [0, 0.05) is 6.04 Å². The van der Waals surface area contributed by atoms with Gasteiger partial charge in [-0.3, -0.25) is 4.98 Å². The maximum Gasteiger partial charge on any atom is 0.147 e. The molecule has 0 spiro atoms. The average molecular weight is 180 g/mol. The highest BCUT2D eigenvalue weighted by molar-refractivity contribution is 5.38. The summed E-state index contributed by atoms with van der Waals surface area (Å²) >= 11 is 0. The zero-order valence-electron chi connectivity index (χ0n) is 8.12. The lowest BCUT2D eigenvalue weighted by molar-refractivity contribution is 0.668. The number of aromatic nitrogens is 2. The van der Waals surface area contributed by atoms with Crippen molar-refractivity contribution in [2.24, 2.45) is 0 Å². The Morgan fingerprint density at radius 1 is 1.38 bits per heavy atom. The van der Waals surface area contributed by atoms with Gasteiger partial charge in [-0.15, -0.1) is 0 Å². The lowest BCUT2D eigenvalue weighted by atomic mass is 10.2. The van der Waals surface area contributed by atoms with Crippen LogP contribution in [0.25, 0.3) is 0 Å². The number of anilines is 2. The molecule has 0 aliphatic carbocycles. The minimum absolute atomic E-state index is 0.455. The van der Waals surface area contributed by atoms with Gasteiger partial charge in [0.15, 0.2) is 0 Å². The molecular formula is C9H16N4. The van der Waals surface area contributed by atoms with E-state index in [1.807, 2.05) is 0 Å². The van der Waals surface area contributed by atoms with Gasteiger partial charge in [0.25, 0.3) is 0 Å². The number of rotatable bonds is 4. The van der Waals surface area contributed by atoms with Crippen molar-refractivity contribution in [1.82, 2.24) is 9.97 Å². The van der Waals surface area contributed by atoms with E-state index in [4.69, 9.17) is 5.73 Å². The van der Waals surface area contributed by atoms with Gasteiger partial charge in [0.2, 0.25) is 0 Å². The van der Waals surface area contributed by atoms with Crippen molar-refractivity contribution < 1.29 is 0 Å². The average Bonchev–Trinajstić information content (AvgIpc) is 2.14. The normalized spacial score (nSPS) is 10.4. The summed E-state index contributed by atoms with van der Waals surface area (Å²) in [4.78, 5) is 8.07. The Labute approximate surface area is 78.6 Å². The molecule has 1 aromatic rings. The summed E-state index contributed by atoms with van der Waals surface area (Å²) in [6.45, 7) is 4.28. The van der Waals surface area contributed by atoms with E-state index in [0.29, 0.717) is 11.9 Å². The molecule has 13 heavy (non-hydrogen) atoms. The molecule has 0 saturated heterocycles. The summed E-state index contributed by atoms with van der Waals surface area (Å²) < 4.78 is 0. The van der Waals surface area contributed by atoms with Crippen molar-refractivity contribution in [1.29, 1.82) is 0 Å². The molecule has 1 rings (SSSR count). The second-order valence-electron chi connectivity index (χ2n) is 2.99. The third-order valence-corrected chi connectivity index (χ3v) is 1.99. The van der Waals surface area contributed by atoms with E-state index in [1.54, 1.807) is 6.20 Å². The summed E-state index contributed by atoms with van der Waals surface area (Å²) in [6, 6.07) is 0.455. The monoisotopic (exact) mass is 180 g/mol. The predicted molar refractivity (Wildman–Crippen MR) is 54.4 cm³/mol. The van der Waals surface area contributed by atoms with Crippen LogP contribution in [-0.2, 0) is 0 Å². The topological polar surface area (TPSA) is 63.8 Å². The van der Waals surface area contributed by atoms with Crippen molar-refractivity contribution in [3.63, 3.8) is 0 Å². The molecule has 72 valence electrons. The number of nitrogens with one attached hydrogen (secondary N) is 1. The van der Waals surface area contributed by atoms with E-state index in [1.165, 1.54) is 6.20 Å². The van der Waals surface area contributed by atoms with E-state index >= 15 is 0 Å². The minimum Gasteiger partial charge on any atom is -0.382 e. The highest BCUT2D eigenvalue weighted by Gasteiger charge is 2.03. The van der Waals surface area contributed by atoms with Crippen LogP contribution in [-0.4, -0.2) is 16.0 Å². The smallest absolute Gasteiger partial charge is 0.147 e. The number of hydrogen-bond donors (Lipinski definition) is 2. The van der Waals surface area contributed by atoms with Crippen LogP contribution in [0.2, 0.25) is 0 Å². The third kappa shape index (κ3) is 2.89. The maximum atomic E-state index is 5.50. The fourth-order valence-electron chi connectivity index (χ4n) is 1.15. The molecule has 0 aliphatic rings. The maximum absolute atomic E-state index is 5.50. The standard InChI is InChI=1S/C9H16N4/c1-3-7(4-2)12-9-6-11-5-8(10)13-9/h5-7H,3-4H2,1-2H3,(H3,10,12,13). The highest BCUT2D eigenvalue weighted by atomic mass is 15.1. The summed E-state index contributed by atoms with van der Waals surface area (Å²) in [7, 11) is 0. The third-order valence-electron chi connectivity index (χ3n) is 1.99. The Morgan fingerprint density at radius 2 is 2.08 bits per heavy atom. The number of nitrogens with zero attached hydrogens (tertiary/aromatic N) is 2. The van der Waals surface area contributed by atoms with E-state index < -0.39 is 0 Å². The lowest BCUT2D eigenvalue weighted by Crippen LogP contribution is -2.18. The second kappa shape index (κ2) is 4.64. The van der Waals surface area contributed by atoms with Gasteiger partial charge < -0.3 is 11.1 Å². The van der Waals surface area contributed by atoms with Crippen molar-refractivity contribution in [2.45, 2.75) is 32.7 Å². The van der Waals surface area contributed by atoms with Gasteiger partial charge in [0.1, 0.15) is 11.6 Å². The molecule has 0 amide bonds. The predicted octanol–water partition coefficient (Wildman–Crippen LogP) is 1.66. The fraction of sp³-hybridized carbons (Fsp3) is 0.556. The SMILES string of the molecule is CCC(CC)Nc1cncc(N)n1. The highest BCUT2D eigenvalue weighted by Crippen LogP contribution is 2.08. The van der Waals surface area contributed by atoms with Crippen molar-refractivity contribution in [2.75, 3.05) is 11.1 Å². The van der Waals surface area contributed by atoms with Gasteiger partial charge in [-0.2, -0.15) is 0 Å². The van der Waals surface area contributed by atoms with E-state index in [9.17, 15) is 0 Å². The number of hydrogen-bond acceptors (Lipinski definition) is 4. The molecule has 0 atom stereocenters. The Morgan fingerprint density at radius 3 is 2.62 bits per heavy atom. The minimum atomic E-state index is 0.455. The molecule has 1 aromatic heterocycles. The molecule has 4 heteroatoms. The van der Waals surface area contributed by atoms with Crippen LogP contribution in [0, 0.1) is 0 Å². The van der Waals surface area contributed by atoms with Crippen molar-refractivity contribution in [3.05, 3.63) is 12.4 Å². The van der Waals surface area contributed by atoms with Gasteiger partial charge in [-0.1, -0.05) is 13.8 Å². The first kappa shape index (κ1) is 9.77. The lowest BCUT2D eigenvalue weighted by Gasteiger charge is -2.14. The molecule has 4 nitrogen and oxygen atoms in total. The zero-order chi connectivity index (χ0) is 9.68. The van der Waals surface area contributed by atoms with Crippen LogP contribution < -0.4 is 11.1 Å². The zero-order valence-corrected chi connectivity index (χ0v) is 8.12. The van der Waals surface area contributed by atoms with Crippen LogP contribution in [0.5, 0.6) is 0 Å². The largest absolute Gasteiger partial charge is 0.382 e. The first-order valence-corrected chi connectivity index (χ1v) is 4.60. The Hall–Kier alpha value is -1.32. The molecule has 0 aromatic carbocycles. The van der Waals surface area contributed by atoms with Gasteiger partial charge in [0.05, 0.1) is 12.4 Å². The molecule has 0 aliphatic heterocycles. The first-order valence-electron chi connectivity index (χ1n) is 4.60. The molecule has 1 heterocycles. The number of nitrogens with two attached hydrogens (primary N) is 1. The summed E-state index contributed by atoms with van der Waals surface area (Å²) in [6.07, 6.45) is 5.38. The van der Waals surface area contributed by atoms with E-state index in [2.05, 4.69) is 29.1 Å². The van der Waals surface area contributed by atoms with Gasteiger partial charge in [-0.25, -0.2) is 4.98 Å². The molecule has 0 unspecified atom stereocenters. The molecule has 0 fully saturated rings. The van der Waals surface area contributed by atoms with Crippen molar-refractivity contribution >= 4 is 11.6 Å². The van der Waals surface area contributed by atoms with Crippen LogP contribution in [0.4, 0.5) is 11.6 Å². The molecule has 0 saturated carbocycles. The van der Waals surface area contributed by atoms with Crippen LogP contribution in [0.3, 0.4) is 0 Å². The van der Waals surface area contributed by atoms with Crippen LogP contribution >= 0.6 is 0 Å². The molecule has 3 N–H and O–H groups in total. The van der Waals surface area contributed by atoms with Gasteiger partial charge in [-0.05, 0) is 12.8 Å². The summed E-state index contributed by atoms with van der Waals surface area (Å²) in [5.74, 6) is 1.21. The first-order chi connectivity index (χ1) is 6.26. The summed E-state index contributed by atoms with van der Waals surface area (Å²) in [5, 5.41) is 3.27. The second-order valence-corrected chi connectivity index (χ2v) is 2.99. The quantitative estimate of drug-likeness (QED) is 0.739.